The monoisotopic (exact) mass is 241 g/mol. The molecule has 0 aromatic carbocycles. The zero-order chi connectivity index (χ0) is 12.5. The fourth-order valence-electron chi connectivity index (χ4n) is 2.37. The third kappa shape index (κ3) is 6.39. The quantitative estimate of drug-likeness (QED) is 0.654. The Balaban J connectivity index is 1.95. The molecule has 1 fully saturated rings. The largest absolute Gasteiger partial charge is 0.315 e. The van der Waals surface area contributed by atoms with E-state index < -0.39 is 0 Å². The van der Waals surface area contributed by atoms with Gasteiger partial charge in [-0.25, -0.2) is 0 Å². The predicted molar refractivity (Wildman–Crippen MR) is 75.5 cm³/mol. The Labute approximate surface area is 108 Å². The van der Waals surface area contributed by atoms with E-state index in [9.17, 15) is 0 Å². The van der Waals surface area contributed by atoms with E-state index in [0.29, 0.717) is 6.04 Å². The third-order valence-electron chi connectivity index (χ3n) is 3.70. The number of unbranched alkanes of at least 4 members (excludes halogenated alkanes) is 2. The van der Waals surface area contributed by atoms with E-state index in [-0.39, 0.29) is 0 Å². The average Bonchev–Trinajstić information content (AvgIpc) is 2.34. The molecule has 0 radical (unpaired) electrons. The van der Waals surface area contributed by atoms with Gasteiger partial charge in [0.15, 0.2) is 0 Å². The fourth-order valence-corrected chi connectivity index (χ4v) is 2.37. The molecule has 102 valence electrons. The van der Waals surface area contributed by atoms with Crippen LogP contribution in [0.4, 0.5) is 0 Å². The van der Waals surface area contributed by atoms with Gasteiger partial charge in [-0.2, -0.15) is 0 Å². The lowest BCUT2D eigenvalue weighted by atomic mass is 10.2. The Kier molecular flexibility index (Phi) is 7.82. The molecule has 17 heavy (non-hydrogen) atoms. The van der Waals surface area contributed by atoms with Gasteiger partial charge in [-0.05, 0) is 26.8 Å². The topological polar surface area (TPSA) is 18.5 Å². The molecule has 1 saturated heterocycles. The molecule has 0 spiro atoms. The summed E-state index contributed by atoms with van der Waals surface area (Å²) < 4.78 is 0. The first-order chi connectivity index (χ1) is 8.24. The summed E-state index contributed by atoms with van der Waals surface area (Å²) in [5.41, 5.74) is 0. The van der Waals surface area contributed by atoms with Gasteiger partial charge in [-0.1, -0.05) is 19.8 Å². The minimum absolute atomic E-state index is 0.712. The first-order valence-corrected chi connectivity index (χ1v) is 7.41. The van der Waals surface area contributed by atoms with Gasteiger partial charge in [0.25, 0.3) is 0 Å². The van der Waals surface area contributed by atoms with Crippen LogP contribution < -0.4 is 5.32 Å². The molecule has 0 aliphatic carbocycles. The standard InChI is InChI=1S/C14H31N3/c1-4-5-6-7-15-8-9-16-10-12-17(13-11-16)14(2)3/h14-15H,4-13H2,1-3H3. The summed E-state index contributed by atoms with van der Waals surface area (Å²) in [7, 11) is 0. The zero-order valence-electron chi connectivity index (χ0n) is 12.0. The average molecular weight is 241 g/mol. The molecule has 0 aromatic rings. The summed E-state index contributed by atoms with van der Waals surface area (Å²) in [5, 5.41) is 3.55. The number of nitrogens with one attached hydrogen (secondary N) is 1. The van der Waals surface area contributed by atoms with E-state index >= 15 is 0 Å². The predicted octanol–water partition coefficient (Wildman–Crippen LogP) is 1.79. The van der Waals surface area contributed by atoms with Crippen LogP contribution in [0.5, 0.6) is 0 Å². The first-order valence-electron chi connectivity index (χ1n) is 7.41. The molecule has 3 heteroatoms. The van der Waals surface area contributed by atoms with E-state index in [1.165, 1.54) is 58.5 Å². The normalized spacial score (nSPS) is 19.1. The minimum atomic E-state index is 0.712. The molecular weight excluding hydrogens is 210 g/mol. The van der Waals surface area contributed by atoms with Crippen LogP contribution >= 0.6 is 0 Å². The highest BCUT2D eigenvalue weighted by atomic mass is 15.3. The smallest absolute Gasteiger partial charge is 0.0113 e. The van der Waals surface area contributed by atoms with Crippen molar-refractivity contribution in [1.29, 1.82) is 0 Å². The molecule has 0 saturated carbocycles. The van der Waals surface area contributed by atoms with Crippen LogP contribution in [0.25, 0.3) is 0 Å². The molecule has 0 bridgehead atoms. The molecule has 0 amide bonds. The van der Waals surface area contributed by atoms with Crippen LogP contribution in [0.3, 0.4) is 0 Å². The molecule has 1 rings (SSSR count). The molecule has 1 aliphatic rings. The second-order valence-corrected chi connectivity index (χ2v) is 5.43. The fraction of sp³-hybridized carbons (Fsp3) is 1.00. The number of nitrogens with zero attached hydrogens (tertiary/aromatic N) is 2. The zero-order valence-corrected chi connectivity index (χ0v) is 12.0. The van der Waals surface area contributed by atoms with Crippen molar-refractivity contribution in [3.8, 4) is 0 Å². The first kappa shape index (κ1) is 14.9. The van der Waals surface area contributed by atoms with Crippen LogP contribution in [0.2, 0.25) is 0 Å². The van der Waals surface area contributed by atoms with Gasteiger partial charge in [0.2, 0.25) is 0 Å². The summed E-state index contributed by atoms with van der Waals surface area (Å²) in [4.78, 5) is 5.16. The number of hydrogen-bond donors (Lipinski definition) is 1. The molecule has 3 nitrogen and oxygen atoms in total. The highest BCUT2D eigenvalue weighted by Crippen LogP contribution is 2.04. The highest BCUT2D eigenvalue weighted by Gasteiger charge is 2.17. The molecule has 0 aromatic heterocycles. The molecule has 0 unspecified atom stereocenters. The Morgan fingerprint density at radius 1 is 1.00 bits per heavy atom. The summed E-state index contributed by atoms with van der Waals surface area (Å²) >= 11 is 0. The van der Waals surface area contributed by atoms with E-state index in [0.717, 1.165) is 6.54 Å². The Hall–Kier alpha value is -0.120. The lowest BCUT2D eigenvalue weighted by molar-refractivity contribution is 0.109. The van der Waals surface area contributed by atoms with Crippen molar-refractivity contribution in [2.45, 2.75) is 46.1 Å². The lowest BCUT2D eigenvalue weighted by Gasteiger charge is -2.36. The van der Waals surface area contributed by atoms with Crippen LogP contribution in [-0.4, -0.2) is 61.7 Å². The lowest BCUT2D eigenvalue weighted by Crippen LogP contribution is -2.50. The van der Waals surface area contributed by atoms with Crippen molar-refractivity contribution in [3.05, 3.63) is 0 Å². The molecular formula is C14H31N3. The molecule has 1 heterocycles. The van der Waals surface area contributed by atoms with Crippen molar-refractivity contribution < 1.29 is 0 Å². The SMILES string of the molecule is CCCCCNCCN1CCN(C(C)C)CC1. The molecule has 0 atom stereocenters. The third-order valence-corrected chi connectivity index (χ3v) is 3.70. The Morgan fingerprint density at radius 2 is 1.71 bits per heavy atom. The Morgan fingerprint density at radius 3 is 2.29 bits per heavy atom. The van der Waals surface area contributed by atoms with E-state index in [1.54, 1.807) is 0 Å². The van der Waals surface area contributed by atoms with Crippen LogP contribution in [0.1, 0.15) is 40.0 Å². The van der Waals surface area contributed by atoms with Crippen molar-refractivity contribution in [2.75, 3.05) is 45.8 Å². The number of rotatable bonds is 8. The van der Waals surface area contributed by atoms with E-state index in [4.69, 9.17) is 0 Å². The van der Waals surface area contributed by atoms with Gasteiger partial charge in [-0.3, -0.25) is 9.80 Å². The van der Waals surface area contributed by atoms with E-state index in [2.05, 4.69) is 35.9 Å². The summed E-state index contributed by atoms with van der Waals surface area (Å²) in [5.74, 6) is 0. The van der Waals surface area contributed by atoms with Crippen LogP contribution in [0.15, 0.2) is 0 Å². The van der Waals surface area contributed by atoms with E-state index in [1.807, 2.05) is 0 Å². The molecule has 1 N–H and O–H groups in total. The summed E-state index contributed by atoms with van der Waals surface area (Å²) in [6.45, 7) is 15.4. The van der Waals surface area contributed by atoms with Gasteiger partial charge in [-0.15, -0.1) is 0 Å². The van der Waals surface area contributed by atoms with Crippen molar-refractivity contribution >= 4 is 0 Å². The van der Waals surface area contributed by atoms with Gasteiger partial charge >= 0.3 is 0 Å². The number of piperazine rings is 1. The highest BCUT2D eigenvalue weighted by molar-refractivity contribution is 4.74. The van der Waals surface area contributed by atoms with Crippen LogP contribution in [-0.2, 0) is 0 Å². The van der Waals surface area contributed by atoms with Crippen molar-refractivity contribution in [3.63, 3.8) is 0 Å². The summed E-state index contributed by atoms with van der Waals surface area (Å²) in [6, 6.07) is 0.712. The second kappa shape index (κ2) is 8.90. The minimum Gasteiger partial charge on any atom is -0.315 e. The maximum absolute atomic E-state index is 3.55. The van der Waals surface area contributed by atoms with Crippen molar-refractivity contribution in [1.82, 2.24) is 15.1 Å². The number of hydrogen-bond acceptors (Lipinski definition) is 3. The van der Waals surface area contributed by atoms with Gasteiger partial charge in [0.05, 0.1) is 0 Å². The van der Waals surface area contributed by atoms with Crippen molar-refractivity contribution in [2.24, 2.45) is 0 Å². The van der Waals surface area contributed by atoms with Gasteiger partial charge < -0.3 is 5.32 Å². The van der Waals surface area contributed by atoms with Gasteiger partial charge in [0, 0.05) is 45.3 Å². The van der Waals surface area contributed by atoms with Gasteiger partial charge in [0.1, 0.15) is 0 Å². The maximum atomic E-state index is 3.55. The summed E-state index contributed by atoms with van der Waals surface area (Å²) in [6.07, 6.45) is 4.01. The molecule has 1 aliphatic heterocycles. The maximum Gasteiger partial charge on any atom is 0.0113 e. The second-order valence-electron chi connectivity index (χ2n) is 5.43. The Bertz CT molecular complexity index is 174. The van der Waals surface area contributed by atoms with Crippen LogP contribution in [0, 0.1) is 0 Å².